The summed E-state index contributed by atoms with van der Waals surface area (Å²) in [6.07, 6.45) is 0. The van der Waals surface area contributed by atoms with Crippen molar-refractivity contribution < 1.29 is 4.74 Å². The second-order valence-electron chi connectivity index (χ2n) is 3.25. The molecular weight excluding hydrogens is 305 g/mol. The van der Waals surface area contributed by atoms with E-state index < -0.39 is 0 Å². The smallest absolute Gasteiger partial charge is 0.153 e. The van der Waals surface area contributed by atoms with Crippen molar-refractivity contribution in [3.8, 4) is 5.75 Å². The number of hydrogen-bond acceptors (Lipinski definition) is 4. The largest absolute Gasteiger partial charge is 0.497 e. The van der Waals surface area contributed by atoms with E-state index in [4.69, 9.17) is 16.3 Å². The van der Waals surface area contributed by atoms with Gasteiger partial charge in [-0.2, -0.15) is 0 Å². The third-order valence-corrected chi connectivity index (χ3v) is 2.67. The number of anilines is 2. The van der Waals surface area contributed by atoms with Gasteiger partial charge in [-0.3, -0.25) is 0 Å². The Balaban J connectivity index is 2.23. The van der Waals surface area contributed by atoms with E-state index in [1.807, 2.05) is 18.2 Å². The number of nitrogens with zero attached hydrogens (tertiary/aromatic N) is 2. The van der Waals surface area contributed by atoms with Gasteiger partial charge in [-0.15, -0.1) is 10.2 Å². The molecule has 0 saturated carbocycles. The lowest BCUT2D eigenvalue weighted by Crippen LogP contribution is -1.95. The van der Waals surface area contributed by atoms with Crippen molar-refractivity contribution in [1.29, 1.82) is 0 Å². The van der Waals surface area contributed by atoms with Gasteiger partial charge in [-0.25, -0.2) is 0 Å². The van der Waals surface area contributed by atoms with Gasteiger partial charge in [0.05, 0.1) is 7.11 Å². The topological polar surface area (TPSA) is 47.0 Å². The monoisotopic (exact) mass is 313 g/mol. The first kappa shape index (κ1) is 12.1. The summed E-state index contributed by atoms with van der Waals surface area (Å²) in [5.41, 5.74) is 0.854. The van der Waals surface area contributed by atoms with Gasteiger partial charge in [-0.1, -0.05) is 27.5 Å². The van der Waals surface area contributed by atoms with Crippen LogP contribution in [0, 0.1) is 0 Å². The van der Waals surface area contributed by atoms with Gasteiger partial charge in [0, 0.05) is 16.2 Å². The minimum absolute atomic E-state index is 0.363. The highest BCUT2D eigenvalue weighted by Gasteiger charge is 2.01. The maximum atomic E-state index is 5.66. The van der Waals surface area contributed by atoms with Crippen LogP contribution in [-0.4, -0.2) is 17.3 Å². The van der Waals surface area contributed by atoms with Crippen LogP contribution in [0.3, 0.4) is 0 Å². The van der Waals surface area contributed by atoms with Crippen LogP contribution >= 0.6 is 27.5 Å². The van der Waals surface area contributed by atoms with Gasteiger partial charge in [0.25, 0.3) is 0 Å². The van der Waals surface area contributed by atoms with Crippen molar-refractivity contribution in [3.05, 3.63) is 40.0 Å². The molecule has 88 valence electrons. The van der Waals surface area contributed by atoms with Crippen LogP contribution in [0.5, 0.6) is 5.75 Å². The van der Waals surface area contributed by atoms with Crippen LogP contribution < -0.4 is 10.1 Å². The summed E-state index contributed by atoms with van der Waals surface area (Å²) in [6, 6.07) is 9.08. The molecule has 0 aliphatic rings. The zero-order chi connectivity index (χ0) is 12.3. The molecule has 2 aromatic rings. The number of hydrogen-bond donors (Lipinski definition) is 1. The lowest BCUT2D eigenvalue weighted by molar-refractivity contribution is 0.415. The standard InChI is InChI=1S/C11H9BrClN3O/c1-17-9-5-7(12)4-8(6-9)14-11-3-2-10(13)15-16-11/h2-6H,1H3,(H,14,16). The molecule has 4 nitrogen and oxygen atoms in total. The molecule has 0 aliphatic carbocycles. The van der Waals surface area contributed by atoms with E-state index in [-0.39, 0.29) is 0 Å². The van der Waals surface area contributed by atoms with E-state index in [0.29, 0.717) is 11.0 Å². The number of halogens is 2. The Bertz CT molecular complexity index is 519. The fourth-order valence-electron chi connectivity index (χ4n) is 1.28. The molecule has 1 aromatic carbocycles. The molecule has 0 unspecified atom stereocenters. The van der Waals surface area contributed by atoms with Gasteiger partial charge in [-0.05, 0) is 24.3 Å². The van der Waals surface area contributed by atoms with Crippen LogP contribution in [0.2, 0.25) is 5.15 Å². The normalized spacial score (nSPS) is 10.1. The first-order valence-electron chi connectivity index (χ1n) is 4.78. The number of methoxy groups -OCH3 is 1. The Morgan fingerprint density at radius 2 is 2.06 bits per heavy atom. The minimum Gasteiger partial charge on any atom is -0.497 e. The first-order valence-corrected chi connectivity index (χ1v) is 5.95. The van der Waals surface area contributed by atoms with Crippen molar-refractivity contribution in [2.24, 2.45) is 0 Å². The molecule has 0 atom stereocenters. The van der Waals surface area contributed by atoms with Crippen LogP contribution in [0.1, 0.15) is 0 Å². The highest BCUT2D eigenvalue weighted by molar-refractivity contribution is 9.10. The van der Waals surface area contributed by atoms with Crippen LogP contribution in [0.25, 0.3) is 0 Å². The number of nitrogens with one attached hydrogen (secondary N) is 1. The van der Waals surface area contributed by atoms with E-state index in [1.165, 1.54) is 0 Å². The van der Waals surface area contributed by atoms with Crippen LogP contribution in [-0.2, 0) is 0 Å². The summed E-state index contributed by atoms with van der Waals surface area (Å²) >= 11 is 9.06. The number of benzene rings is 1. The second kappa shape index (κ2) is 5.33. The molecule has 0 fully saturated rings. The van der Waals surface area contributed by atoms with E-state index in [9.17, 15) is 0 Å². The highest BCUT2D eigenvalue weighted by Crippen LogP contribution is 2.26. The van der Waals surface area contributed by atoms with Crippen molar-refractivity contribution in [3.63, 3.8) is 0 Å². The van der Waals surface area contributed by atoms with Crippen molar-refractivity contribution in [2.45, 2.75) is 0 Å². The summed E-state index contributed by atoms with van der Waals surface area (Å²) < 4.78 is 6.08. The summed E-state index contributed by atoms with van der Waals surface area (Å²) in [5.74, 6) is 1.37. The lowest BCUT2D eigenvalue weighted by Gasteiger charge is -2.07. The maximum absolute atomic E-state index is 5.66. The average molecular weight is 315 g/mol. The summed E-state index contributed by atoms with van der Waals surface area (Å²) in [5, 5.41) is 11.1. The Labute approximate surface area is 112 Å². The molecule has 1 N–H and O–H groups in total. The van der Waals surface area contributed by atoms with E-state index in [2.05, 4.69) is 31.4 Å². The molecular formula is C11H9BrClN3O. The summed E-state index contributed by atoms with van der Waals surface area (Å²) in [7, 11) is 1.62. The Morgan fingerprint density at radius 3 is 2.71 bits per heavy atom. The second-order valence-corrected chi connectivity index (χ2v) is 4.55. The zero-order valence-corrected chi connectivity index (χ0v) is 11.3. The highest BCUT2D eigenvalue weighted by atomic mass is 79.9. The molecule has 6 heteroatoms. The van der Waals surface area contributed by atoms with Crippen LogP contribution in [0.4, 0.5) is 11.5 Å². The van der Waals surface area contributed by atoms with Crippen LogP contribution in [0.15, 0.2) is 34.8 Å². The SMILES string of the molecule is COc1cc(Br)cc(Nc2ccc(Cl)nn2)c1. The van der Waals surface area contributed by atoms with Gasteiger partial charge < -0.3 is 10.1 Å². The van der Waals surface area contributed by atoms with E-state index >= 15 is 0 Å². The Morgan fingerprint density at radius 1 is 1.24 bits per heavy atom. The predicted molar refractivity (Wildman–Crippen MR) is 71.0 cm³/mol. The predicted octanol–water partition coefficient (Wildman–Crippen LogP) is 3.64. The molecule has 0 saturated heterocycles. The molecule has 17 heavy (non-hydrogen) atoms. The summed E-state index contributed by atoms with van der Waals surface area (Å²) in [4.78, 5) is 0. The first-order chi connectivity index (χ1) is 8.17. The van der Waals surface area contributed by atoms with Crippen molar-refractivity contribution in [1.82, 2.24) is 10.2 Å². The molecule has 1 aromatic heterocycles. The number of ether oxygens (including phenoxy) is 1. The molecule has 0 spiro atoms. The van der Waals surface area contributed by atoms with Gasteiger partial charge in [0.1, 0.15) is 5.75 Å². The maximum Gasteiger partial charge on any atom is 0.153 e. The quantitative estimate of drug-likeness (QED) is 0.939. The molecule has 0 radical (unpaired) electrons. The fourth-order valence-corrected chi connectivity index (χ4v) is 1.86. The third kappa shape index (κ3) is 3.31. The molecule has 0 bridgehead atoms. The molecule has 1 heterocycles. The zero-order valence-electron chi connectivity index (χ0n) is 8.95. The molecule has 0 aliphatic heterocycles. The summed E-state index contributed by atoms with van der Waals surface area (Å²) in [6.45, 7) is 0. The van der Waals surface area contributed by atoms with E-state index in [0.717, 1.165) is 15.9 Å². The van der Waals surface area contributed by atoms with Gasteiger partial charge in [0.15, 0.2) is 11.0 Å². The molecule has 2 rings (SSSR count). The third-order valence-electron chi connectivity index (χ3n) is 2.01. The minimum atomic E-state index is 0.363. The number of rotatable bonds is 3. The average Bonchev–Trinajstić information content (AvgIpc) is 2.31. The van der Waals surface area contributed by atoms with Crippen molar-refractivity contribution >= 4 is 39.0 Å². The molecule has 0 amide bonds. The van der Waals surface area contributed by atoms with Gasteiger partial charge in [0.2, 0.25) is 0 Å². The lowest BCUT2D eigenvalue weighted by atomic mass is 10.3. The Kier molecular flexibility index (Phi) is 3.81. The number of aromatic nitrogens is 2. The van der Waals surface area contributed by atoms with Gasteiger partial charge >= 0.3 is 0 Å². The fraction of sp³-hybridized carbons (Fsp3) is 0.0909. The van der Waals surface area contributed by atoms with Crippen molar-refractivity contribution in [2.75, 3.05) is 12.4 Å². The van der Waals surface area contributed by atoms with E-state index in [1.54, 1.807) is 19.2 Å². The Hall–Kier alpha value is -1.33.